The molecule has 0 spiro atoms. The molecule has 34 heavy (non-hydrogen) atoms. The van der Waals surface area contributed by atoms with Crippen LogP contribution in [0.25, 0.3) is 0 Å². The zero-order valence-corrected chi connectivity index (χ0v) is 20.7. The van der Waals surface area contributed by atoms with Crippen LogP contribution in [0.4, 0.5) is 5.82 Å². The first-order valence-corrected chi connectivity index (χ1v) is 14.1. The van der Waals surface area contributed by atoms with Crippen molar-refractivity contribution < 1.29 is 9.59 Å². The summed E-state index contributed by atoms with van der Waals surface area (Å²) in [6.45, 7) is 1.95. The van der Waals surface area contributed by atoms with Gasteiger partial charge in [-0.2, -0.15) is 0 Å². The molecule has 8 aliphatic rings. The lowest BCUT2D eigenvalue weighted by Crippen LogP contribution is -2.55. The molecule has 1 aromatic rings. The normalized spacial score (nSPS) is 44.3. The van der Waals surface area contributed by atoms with Gasteiger partial charge in [0, 0.05) is 12.1 Å². The molecule has 0 radical (unpaired) electrons. The molecule has 9 rings (SSSR count). The van der Waals surface area contributed by atoms with Crippen LogP contribution in [0.1, 0.15) is 89.2 Å². The third-order valence-electron chi connectivity index (χ3n) is 11.1. The molecule has 0 aliphatic heterocycles. The van der Waals surface area contributed by atoms with E-state index in [9.17, 15) is 9.59 Å². The molecule has 1 amide bonds. The Morgan fingerprint density at radius 1 is 0.853 bits per heavy atom. The fraction of sp³-hybridized carbons (Fsp3) is 0.767. The predicted molar refractivity (Wildman–Crippen MR) is 132 cm³/mol. The number of carbonyl (C=O) groups excluding carboxylic acids is 2. The lowest BCUT2D eigenvalue weighted by Gasteiger charge is -2.59. The summed E-state index contributed by atoms with van der Waals surface area (Å²) in [6, 6.07) is 5.75. The van der Waals surface area contributed by atoms with Gasteiger partial charge < -0.3 is 5.32 Å². The third kappa shape index (κ3) is 3.57. The van der Waals surface area contributed by atoms with Crippen LogP contribution in [0.3, 0.4) is 0 Å². The van der Waals surface area contributed by atoms with Crippen molar-refractivity contribution in [1.29, 1.82) is 0 Å². The number of hydrogen-bond donors (Lipinski definition) is 1. The van der Waals surface area contributed by atoms with Gasteiger partial charge in [0.05, 0.1) is 0 Å². The average Bonchev–Trinajstić information content (AvgIpc) is 2.71. The second-order valence-electron chi connectivity index (χ2n) is 13.9. The molecule has 1 unspecified atom stereocenters. The van der Waals surface area contributed by atoms with Gasteiger partial charge in [-0.1, -0.05) is 6.07 Å². The van der Waals surface area contributed by atoms with Crippen molar-refractivity contribution in [2.24, 2.45) is 52.3 Å². The largest absolute Gasteiger partial charge is 0.310 e. The summed E-state index contributed by atoms with van der Waals surface area (Å²) in [5.74, 6) is 5.01. The number of rotatable bonds is 6. The first-order valence-electron chi connectivity index (χ1n) is 14.1. The lowest BCUT2D eigenvalue weighted by molar-refractivity contribution is -0.153. The van der Waals surface area contributed by atoms with E-state index in [0.717, 1.165) is 60.5 Å². The van der Waals surface area contributed by atoms with Crippen LogP contribution < -0.4 is 5.32 Å². The molecule has 1 atom stereocenters. The van der Waals surface area contributed by atoms with Crippen molar-refractivity contribution in [1.82, 2.24) is 4.98 Å². The molecular weight excluding hydrogens is 420 g/mol. The number of carbonyl (C=O) groups is 2. The SMILES string of the molecule is Cc1cccc(NC(=O)C(C(=O)CC23CC4CC(CC(C4)C2)C3)C23CC4CC(CC(C4)C2)C3)n1. The number of pyridine rings is 1. The van der Waals surface area contributed by atoms with Crippen molar-refractivity contribution >= 4 is 17.5 Å². The summed E-state index contributed by atoms with van der Waals surface area (Å²) in [7, 11) is 0. The van der Waals surface area contributed by atoms with E-state index in [2.05, 4.69) is 10.3 Å². The molecule has 0 aromatic carbocycles. The Kier molecular flexibility index (Phi) is 4.85. The number of aromatic nitrogens is 1. The van der Waals surface area contributed by atoms with E-state index in [1.165, 1.54) is 57.8 Å². The number of ketones is 1. The highest BCUT2D eigenvalue weighted by Gasteiger charge is 2.59. The van der Waals surface area contributed by atoms with Gasteiger partial charge in [-0.25, -0.2) is 4.98 Å². The van der Waals surface area contributed by atoms with Gasteiger partial charge in [0.15, 0.2) is 0 Å². The molecule has 8 aliphatic carbocycles. The highest BCUT2D eigenvalue weighted by Crippen LogP contribution is 2.65. The lowest BCUT2D eigenvalue weighted by atomic mass is 9.44. The Balaban J connectivity index is 1.20. The van der Waals surface area contributed by atoms with Crippen molar-refractivity contribution in [3.63, 3.8) is 0 Å². The van der Waals surface area contributed by atoms with Crippen LogP contribution in [0.5, 0.6) is 0 Å². The summed E-state index contributed by atoms with van der Waals surface area (Å²) in [5, 5.41) is 3.13. The summed E-state index contributed by atoms with van der Waals surface area (Å²) in [6.07, 6.45) is 15.8. The Morgan fingerprint density at radius 3 is 1.85 bits per heavy atom. The van der Waals surface area contributed by atoms with E-state index in [1.807, 2.05) is 25.1 Å². The average molecular weight is 461 g/mol. The zero-order valence-electron chi connectivity index (χ0n) is 20.7. The van der Waals surface area contributed by atoms with Crippen LogP contribution in [0.2, 0.25) is 0 Å². The molecule has 1 aromatic heterocycles. The fourth-order valence-electron chi connectivity index (χ4n) is 11.1. The highest BCUT2D eigenvalue weighted by molar-refractivity contribution is 6.08. The van der Waals surface area contributed by atoms with Crippen molar-refractivity contribution in [2.45, 2.75) is 90.4 Å². The first kappa shape index (κ1) is 21.6. The molecular formula is C30H40N2O2. The number of nitrogens with zero attached hydrogens (tertiary/aromatic N) is 1. The summed E-state index contributed by atoms with van der Waals surface area (Å²) >= 11 is 0. The second kappa shape index (κ2) is 7.64. The molecule has 4 heteroatoms. The van der Waals surface area contributed by atoms with Gasteiger partial charge in [0.25, 0.3) is 0 Å². The Bertz CT molecular complexity index is 942. The van der Waals surface area contributed by atoms with Gasteiger partial charge in [-0.3, -0.25) is 9.59 Å². The van der Waals surface area contributed by atoms with Crippen LogP contribution >= 0.6 is 0 Å². The molecule has 1 N–H and O–H groups in total. The molecule has 182 valence electrons. The minimum Gasteiger partial charge on any atom is -0.310 e. The Hall–Kier alpha value is -1.71. The minimum absolute atomic E-state index is 0.0604. The second-order valence-corrected chi connectivity index (χ2v) is 13.9. The first-order chi connectivity index (χ1) is 16.4. The standard InChI is InChI=1S/C30H40N2O2/c1-18-3-2-4-26(31-18)32-28(34)27(30-14-22-8-23(15-30)10-24(9-22)16-30)25(33)17-29-11-19-5-20(12-29)7-21(6-19)13-29/h2-4,19-24,27H,5-17H2,1H3,(H,31,32,34). The maximum absolute atomic E-state index is 14.4. The van der Waals surface area contributed by atoms with Crippen molar-refractivity contribution in [2.75, 3.05) is 5.32 Å². The van der Waals surface area contributed by atoms with E-state index in [4.69, 9.17) is 0 Å². The monoisotopic (exact) mass is 460 g/mol. The minimum atomic E-state index is -0.490. The third-order valence-corrected chi connectivity index (χ3v) is 11.1. The molecule has 1 heterocycles. The topological polar surface area (TPSA) is 59.1 Å². The van der Waals surface area contributed by atoms with E-state index < -0.39 is 5.92 Å². The number of anilines is 1. The van der Waals surface area contributed by atoms with Gasteiger partial charge in [-0.15, -0.1) is 0 Å². The number of amides is 1. The number of aryl methyl sites for hydroxylation is 1. The predicted octanol–water partition coefficient (Wildman–Crippen LogP) is 6.34. The van der Waals surface area contributed by atoms with Crippen molar-refractivity contribution in [3.8, 4) is 0 Å². The van der Waals surface area contributed by atoms with Gasteiger partial charge >= 0.3 is 0 Å². The van der Waals surface area contributed by atoms with Gasteiger partial charge in [-0.05, 0) is 142 Å². The fourth-order valence-corrected chi connectivity index (χ4v) is 11.1. The summed E-state index contributed by atoms with van der Waals surface area (Å²) in [5.41, 5.74) is 0.972. The number of nitrogens with one attached hydrogen (secondary N) is 1. The Labute approximate surface area is 204 Å². The number of Topliss-reactive ketones (excluding diaryl/α,β-unsaturated/α-hetero) is 1. The van der Waals surface area contributed by atoms with E-state index in [0.29, 0.717) is 12.2 Å². The molecule has 8 bridgehead atoms. The quantitative estimate of drug-likeness (QED) is 0.504. The zero-order chi connectivity index (χ0) is 23.1. The maximum Gasteiger partial charge on any atom is 0.236 e. The molecule has 0 saturated heterocycles. The molecule has 4 nitrogen and oxygen atoms in total. The van der Waals surface area contributed by atoms with Gasteiger partial charge in [0.1, 0.15) is 17.5 Å². The molecule has 8 fully saturated rings. The van der Waals surface area contributed by atoms with Crippen LogP contribution in [-0.2, 0) is 9.59 Å². The van der Waals surface area contributed by atoms with Crippen LogP contribution in [0.15, 0.2) is 18.2 Å². The van der Waals surface area contributed by atoms with E-state index in [-0.39, 0.29) is 22.5 Å². The van der Waals surface area contributed by atoms with Crippen LogP contribution in [-0.4, -0.2) is 16.7 Å². The Morgan fingerprint density at radius 2 is 1.35 bits per heavy atom. The molecule has 8 saturated carbocycles. The maximum atomic E-state index is 14.4. The van der Waals surface area contributed by atoms with Crippen molar-refractivity contribution in [3.05, 3.63) is 23.9 Å². The number of hydrogen-bond acceptors (Lipinski definition) is 3. The summed E-state index contributed by atoms with van der Waals surface area (Å²) < 4.78 is 0. The summed E-state index contributed by atoms with van der Waals surface area (Å²) in [4.78, 5) is 32.9. The smallest absolute Gasteiger partial charge is 0.236 e. The van der Waals surface area contributed by atoms with E-state index >= 15 is 0 Å². The highest BCUT2D eigenvalue weighted by atomic mass is 16.2. The van der Waals surface area contributed by atoms with Crippen LogP contribution in [0, 0.1) is 59.2 Å². The van der Waals surface area contributed by atoms with Gasteiger partial charge in [0.2, 0.25) is 5.91 Å². The van der Waals surface area contributed by atoms with E-state index in [1.54, 1.807) is 0 Å².